The second-order valence-electron chi connectivity index (χ2n) is 3.75. The first kappa shape index (κ1) is 11.9. The number of rotatable bonds is 4. The molecule has 1 aliphatic rings. The first-order valence-electron chi connectivity index (χ1n) is 5.03. The van der Waals surface area contributed by atoms with E-state index in [2.05, 4.69) is 11.6 Å². The Morgan fingerprint density at radius 1 is 1.57 bits per heavy atom. The summed E-state index contributed by atoms with van der Waals surface area (Å²) in [5, 5.41) is 3.74. The van der Waals surface area contributed by atoms with Crippen molar-refractivity contribution in [1.82, 2.24) is 5.32 Å². The SMILES string of the molecule is COC(C)C(=O)NC1CCC(SC)C1. The molecule has 1 rings (SSSR count). The van der Waals surface area contributed by atoms with Gasteiger partial charge in [0.2, 0.25) is 5.91 Å². The summed E-state index contributed by atoms with van der Waals surface area (Å²) in [6.45, 7) is 1.77. The summed E-state index contributed by atoms with van der Waals surface area (Å²) in [5.74, 6) is 0.0132. The highest BCUT2D eigenvalue weighted by Crippen LogP contribution is 2.28. The van der Waals surface area contributed by atoms with Crippen LogP contribution in [0.15, 0.2) is 0 Å². The molecule has 3 atom stereocenters. The molecule has 0 aliphatic heterocycles. The first-order chi connectivity index (χ1) is 6.67. The summed E-state index contributed by atoms with van der Waals surface area (Å²) in [7, 11) is 1.56. The van der Waals surface area contributed by atoms with Crippen LogP contribution in [0.1, 0.15) is 26.2 Å². The normalized spacial score (nSPS) is 28.8. The van der Waals surface area contributed by atoms with Crippen molar-refractivity contribution in [3.8, 4) is 0 Å². The topological polar surface area (TPSA) is 38.3 Å². The van der Waals surface area contributed by atoms with Gasteiger partial charge in [-0.15, -0.1) is 0 Å². The first-order valence-corrected chi connectivity index (χ1v) is 6.32. The van der Waals surface area contributed by atoms with Crippen LogP contribution in [0.25, 0.3) is 0 Å². The summed E-state index contributed by atoms with van der Waals surface area (Å²) in [6, 6.07) is 0.359. The van der Waals surface area contributed by atoms with Crippen LogP contribution in [0, 0.1) is 0 Å². The summed E-state index contributed by atoms with van der Waals surface area (Å²) in [6.07, 6.45) is 5.22. The lowest BCUT2D eigenvalue weighted by atomic mass is 10.2. The lowest BCUT2D eigenvalue weighted by molar-refractivity contribution is -0.130. The Balaban J connectivity index is 2.28. The highest BCUT2D eigenvalue weighted by atomic mass is 32.2. The number of carbonyl (C=O) groups excluding carboxylic acids is 1. The maximum atomic E-state index is 11.5. The van der Waals surface area contributed by atoms with Crippen molar-refractivity contribution in [3.05, 3.63) is 0 Å². The monoisotopic (exact) mass is 217 g/mol. The number of nitrogens with one attached hydrogen (secondary N) is 1. The molecular weight excluding hydrogens is 198 g/mol. The second-order valence-corrected chi connectivity index (χ2v) is 4.89. The fourth-order valence-corrected chi connectivity index (χ4v) is 2.51. The van der Waals surface area contributed by atoms with Gasteiger partial charge in [0.15, 0.2) is 0 Å². The fraction of sp³-hybridized carbons (Fsp3) is 0.900. The van der Waals surface area contributed by atoms with Crippen LogP contribution in [0.4, 0.5) is 0 Å². The Morgan fingerprint density at radius 3 is 2.79 bits per heavy atom. The average molecular weight is 217 g/mol. The van der Waals surface area contributed by atoms with Gasteiger partial charge in [-0.2, -0.15) is 11.8 Å². The van der Waals surface area contributed by atoms with E-state index in [9.17, 15) is 4.79 Å². The minimum absolute atomic E-state index is 0.0132. The predicted molar refractivity (Wildman–Crippen MR) is 59.6 cm³/mol. The molecule has 0 spiro atoms. The molecule has 3 nitrogen and oxygen atoms in total. The number of carbonyl (C=O) groups is 1. The molecule has 1 saturated carbocycles. The molecule has 1 N–H and O–H groups in total. The van der Waals surface area contributed by atoms with Gasteiger partial charge in [-0.25, -0.2) is 0 Å². The van der Waals surface area contributed by atoms with E-state index in [0.29, 0.717) is 6.04 Å². The van der Waals surface area contributed by atoms with Gasteiger partial charge < -0.3 is 10.1 Å². The van der Waals surface area contributed by atoms with Gasteiger partial charge in [0.05, 0.1) is 0 Å². The highest BCUT2D eigenvalue weighted by Gasteiger charge is 2.26. The molecule has 0 aromatic heterocycles. The molecule has 1 aliphatic carbocycles. The maximum Gasteiger partial charge on any atom is 0.249 e. The number of methoxy groups -OCH3 is 1. The van der Waals surface area contributed by atoms with E-state index in [1.807, 2.05) is 11.8 Å². The van der Waals surface area contributed by atoms with E-state index in [4.69, 9.17) is 4.74 Å². The van der Waals surface area contributed by atoms with Crippen LogP contribution in [0.3, 0.4) is 0 Å². The molecule has 3 unspecified atom stereocenters. The Kier molecular flexibility index (Phi) is 4.75. The molecule has 0 heterocycles. The third kappa shape index (κ3) is 3.17. The molecule has 0 saturated heterocycles. The summed E-state index contributed by atoms with van der Waals surface area (Å²) >= 11 is 1.89. The molecule has 0 aromatic carbocycles. The molecule has 1 amide bonds. The van der Waals surface area contributed by atoms with E-state index in [1.54, 1.807) is 14.0 Å². The lowest BCUT2D eigenvalue weighted by Gasteiger charge is -2.15. The molecular formula is C10H19NO2S. The quantitative estimate of drug-likeness (QED) is 0.774. The third-order valence-corrected chi connectivity index (χ3v) is 3.88. The minimum atomic E-state index is -0.330. The zero-order chi connectivity index (χ0) is 10.6. The van der Waals surface area contributed by atoms with Gasteiger partial charge in [0, 0.05) is 18.4 Å². The van der Waals surface area contributed by atoms with E-state index < -0.39 is 0 Å². The van der Waals surface area contributed by atoms with Crippen molar-refractivity contribution in [2.45, 2.75) is 43.6 Å². The maximum absolute atomic E-state index is 11.5. The van der Waals surface area contributed by atoms with Gasteiger partial charge in [-0.1, -0.05) is 0 Å². The van der Waals surface area contributed by atoms with Gasteiger partial charge in [-0.3, -0.25) is 4.79 Å². The van der Waals surface area contributed by atoms with Crippen LogP contribution < -0.4 is 5.32 Å². The Bertz CT molecular complexity index is 199. The number of ether oxygens (including phenoxy) is 1. The predicted octanol–water partition coefficient (Wildman–Crippen LogP) is 1.42. The second kappa shape index (κ2) is 5.61. The van der Waals surface area contributed by atoms with E-state index in [-0.39, 0.29) is 12.0 Å². The van der Waals surface area contributed by atoms with Crippen LogP contribution in [-0.2, 0) is 9.53 Å². The van der Waals surface area contributed by atoms with Crippen molar-refractivity contribution in [1.29, 1.82) is 0 Å². The molecule has 4 heteroatoms. The molecule has 14 heavy (non-hydrogen) atoms. The molecule has 82 valence electrons. The number of hydrogen-bond acceptors (Lipinski definition) is 3. The van der Waals surface area contributed by atoms with Crippen molar-refractivity contribution < 1.29 is 9.53 Å². The average Bonchev–Trinajstić information content (AvgIpc) is 2.64. The molecule has 1 fully saturated rings. The lowest BCUT2D eigenvalue weighted by Crippen LogP contribution is -2.39. The Labute approximate surface area is 90.0 Å². The van der Waals surface area contributed by atoms with Crippen molar-refractivity contribution >= 4 is 17.7 Å². The van der Waals surface area contributed by atoms with Gasteiger partial charge >= 0.3 is 0 Å². The van der Waals surface area contributed by atoms with Crippen LogP contribution in [0.5, 0.6) is 0 Å². The molecule has 0 aromatic rings. The van der Waals surface area contributed by atoms with E-state index in [0.717, 1.165) is 18.1 Å². The summed E-state index contributed by atoms with van der Waals surface area (Å²) in [5.41, 5.74) is 0. The number of hydrogen-bond donors (Lipinski definition) is 1. The Morgan fingerprint density at radius 2 is 2.29 bits per heavy atom. The van der Waals surface area contributed by atoms with Crippen molar-refractivity contribution in [2.75, 3.05) is 13.4 Å². The van der Waals surface area contributed by atoms with Gasteiger partial charge in [-0.05, 0) is 32.4 Å². The zero-order valence-electron chi connectivity index (χ0n) is 9.08. The fourth-order valence-electron chi connectivity index (χ4n) is 1.71. The van der Waals surface area contributed by atoms with E-state index in [1.165, 1.54) is 6.42 Å². The van der Waals surface area contributed by atoms with Crippen molar-refractivity contribution in [2.24, 2.45) is 0 Å². The molecule has 0 bridgehead atoms. The third-order valence-electron chi connectivity index (χ3n) is 2.79. The summed E-state index contributed by atoms with van der Waals surface area (Å²) < 4.78 is 4.96. The highest BCUT2D eigenvalue weighted by molar-refractivity contribution is 7.99. The molecule has 0 radical (unpaired) electrons. The minimum Gasteiger partial charge on any atom is -0.372 e. The standard InChI is InChI=1S/C10H19NO2S/c1-7(13-2)10(12)11-8-4-5-9(6-8)14-3/h7-9H,4-6H2,1-3H3,(H,11,12). The smallest absolute Gasteiger partial charge is 0.249 e. The van der Waals surface area contributed by atoms with Crippen molar-refractivity contribution in [3.63, 3.8) is 0 Å². The van der Waals surface area contributed by atoms with Crippen LogP contribution in [0.2, 0.25) is 0 Å². The number of amides is 1. The Hall–Kier alpha value is -0.220. The van der Waals surface area contributed by atoms with E-state index >= 15 is 0 Å². The van der Waals surface area contributed by atoms with Gasteiger partial charge in [0.25, 0.3) is 0 Å². The van der Waals surface area contributed by atoms with Crippen LogP contribution >= 0.6 is 11.8 Å². The number of thioether (sulfide) groups is 1. The van der Waals surface area contributed by atoms with Gasteiger partial charge in [0.1, 0.15) is 6.10 Å². The summed E-state index contributed by atoms with van der Waals surface area (Å²) in [4.78, 5) is 11.5. The zero-order valence-corrected chi connectivity index (χ0v) is 9.89. The van der Waals surface area contributed by atoms with Crippen LogP contribution in [-0.4, -0.2) is 36.7 Å². The largest absolute Gasteiger partial charge is 0.372 e.